The molecule has 0 aromatic carbocycles. The van der Waals surface area contributed by atoms with Gasteiger partial charge in [0.1, 0.15) is 12.6 Å². The lowest BCUT2D eigenvalue weighted by Gasteiger charge is -2.21. The van der Waals surface area contributed by atoms with E-state index in [2.05, 4.69) is 14.8 Å². The number of nitrogens with one attached hydrogen (secondary N) is 1. The number of carbonyl (C=O) groups is 3. The first-order valence-electron chi connectivity index (χ1n) is 5.01. The van der Waals surface area contributed by atoms with Crippen LogP contribution in [0.4, 0.5) is 0 Å². The molecule has 17 heavy (non-hydrogen) atoms. The zero-order valence-electron chi connectivity index (χ0n) is 10.1. The molecule has 0 bridgehead atoms. The highest BCUT2D eigenvalue weighted by molar-refractivity contribution is 5.85. The van der Waals surface area contributed by atoms with Crippen LogP contribution in [0.25, 0.3) is 0 Å². The van der Waals surface area contributed by atoms with Gasteiger partial charge in [-0.3, -0.25) is 9.59 Å². The molecular weight excluding hydrogens is 230 g/mol. The lowest BCUT2D eigenvalue weighted by molar-refractivity contribution is -0.148. The van der Waals surface area contributed by atoms with Crippen molar-refractivity contribution in [2.75, 3.05) is 20.8 Å². The van der Waals surface area contributed by atoms with Crippen LogP contribution in [0.15, 0.2) is 0 Å². The van der Waals surface area contributed by atoms with Crippen LogP contribution in [0.3, 0.4) is 0 Å². The molecule has 0 rings (SSSR count). The molecule has 0 aliphatic heterocycles. The van der Waals surface area contributed by atoms with Gasteiger partial charge in [-0.1, -0.05) is 6.92 Å². The van der Waals surface area contributed by atoms with E-state index in [1.807, 2.05) is 0 Å². The van der Waals surface area contributed by atoms with Gasteiger partial charge in [0.15, 0.2) is 0 Å². The van der Waals surface area contributed by atoms with Crippen LogP contribution in [0.1, 0.15) is 13.3 Å². The van der Waals surface area contributed by atoms with Crippen molar-refractivity contribution in [1.29, 1.82) is 0 Å². The summed E-state index contributed by atoms with van der Waals surface area (Å²) in [6, 6.07) is -0.987. The molecule has 1 amide bonds. The minimum atomic E-state index is -0.987. The second-order valence-electron chi connectivity index (χ2n) is 3.48. The van der Waals surface area contributed by atoms with Crippen molar-refractivity contribution in [3.05, 3.63) is 0 Å². The van der Waals surface area contributed by atoms with Crippen LogP contribution < -0.4 is 5.32 Å². The minimum Gasteiger partial charge on any atom is -0.469 e. The van der Waals surface area contributed by atoms with Crippen LogP contribution >= 0.6 is 0 Å². The summed E-state index contributed by atoms with van der Waals surface area (Å²) in [6.45, 7) is 0.856. The standard InChI is InChI=1S/C10H17NO6/c1-6(4-8(14)16-2)9(10(15)17-3)11-7(13)5-12/h6,9,12H,4-5H2,1-3H3,(H,11,13)/t6-,9-/m1/s1. The van der Waals surface area contributed by atoms with Gasteiger partial charge in [0, 0.05) is 0 Å². The van der Waals surface area contributed by atoms with E-state index in [0.717, 1.165) is 0 Å². The van der Waals surface area contributed by atoms with Gasteiger partial charge in [0.05, 0.1) is 20.6 Å². The molecule has 98 valence electrons. The molecule has 0 unspecified atom stereocenters. The predicted octanol–water partition coefficient (Wildman–Crippen LogP) is -1.16. The summed E-state index contributed by atoms with van der Waals surface area (Å²) >= 11 is 0. The van der Waals surface area contributed by atoms with Crippen molar-refractivity contribution in [1.82, 2.24) is 5.32 Å². The first kappa shape index (κ1) is 15.4. The molecule has 0 saturated heterocycles. The molecule has 0 heterocycles. The van der Waals surface area contributed by atoms with Crippen LogP contribution in [-0.2, 0) is 23.9 Å². The molecule has 0 radical (unpaired) electrons. The maximum absolute atomic E-state index is 11.4. The highest BCUT2D eigenvalue weighted by Gasteiger charge is 2.29. The van der Waals surface area contributed by atoms with E-state index in [1.54, 1.807) is 6.92 Å². The molecular formula is C10H17NO6. The Kier molecular flexibility index (Phi) is 6.88. The average Bonchev–Trinajstić information content (AvgIpc) is 2.33. The fourth-order valence-corrected chi connectivity index (χ4v) is 1.24. The number of aliphatic hydroxyl groups excluding tert-OH is 1. The molecule has 0 aliphatic rings. The lowest BCUT2D eigenvalue weighted by Crippen LogP contribution is -2.47. The first-order valence-corrected chi connectivity index (χ1v) is 5.01. The van der Waals surface area contributed by atoms with Crippen LogP contribution in [0, 0.1) is 5.92 Å². The number of hydrogen-bond acceptors (Lipinski definition) is 6. The highest BCUT2D eigenvalue weighted by Crippen LogP contribution is 2.10. The van der Waals surface area contributed by atoms with E-state index < -0.39 is 36.4 Å². The smallest absolute Gasteiger partial charge is 0.328 e. The fraction of sp³-hybridized carbons (Fsp3) is 0.700. The minimum absolute atomic E-state index is 0.0397. The van der Waals surface area contributed by atoms with Crippen molar-refractivity contribution in [3.63, 3.8) is 0 Å². The molecule has 0 aromatic rings. The number of ether oxygens (including phenoxy) is 2. The summed E-state index contributed by atoms with van der Waals surface area (Å²) in [5.74, 6) is -2.38. The maximum Gasteiger partial charge on any atom is 0.328 e. The van der Waals surface area contributed by atoms with Crippen molar-refractivity contribution in [3.8, 4) is 0 Å². The van der Waals surface area contributed by atoms with Crippen LogP contribution in [-0.4, -0.2) is 49.8 Å². The van der Waals surface area contributed by atoms with Crippen LogP contribution in [0.2, 0.25) is 0 Å². The Balaban J connectivity index is 4.61. The Morgan fingerprint density at radius 1 is 1.24 bits per heavy atom. The average molecular weight is 247 g/mol. The van der Waals surface area contributed by atoms with Crippen molar-refractivity contribution in [2.24, 2.45) is 5.92 Å². The Hall–Kier alpha value is -1.63. The normalized spacial score (nSPS) is 13.4. The number of carbonyl (C=O) groups excluding carboxylic acids is 3. The topological polar surface area (TPSA) is 102 Å². The van der Waals surface area contributed by atoms with Gasteiger partial charge < -0.3 is 19.9 Å². The molecule has 0 spiro atoms. The zero-order valence-corrected chi connectivity index (χ0v) is 10.1. The summed E-state index contributed by atoms with van der Waals surface area (Å²) in [7, 11) is 2.40. The zero-order chi connectivity index (χ0) is 13.4. The fourth-order valence-electron chi connectivity index (χ4n) is 1.24. The third-order valence-corrected chi connectivity index (χ3v) is 2.20. The Labute approximate surface area is 99.1 Å². The van der Waals surface area contributed by atoms with E-state index >= 15 is 0 Å². The van der Waals surface area contributed by atoms with Gasteiger partial charge in [-0.15, -0.1) is 0 Å². The first-order chi connectivity index (χ1) is 7.96. The monoisotopic (exact) mass is 247 g/mol. The van der Waals surface area contributed by atoms with Crippen LogP contribution in [0.5, 0.6) is 0 Å². The van der Waals surface area contributed by atoms with E-state index in [9.17, 15) is 14.4 Å². The number of amides is 1. The molecule has 7 nitrogen and oxygen atoms in total. The van der Waals surface area contributed by atoms with E-state index in [1.165, 1.54) is 14.2 Å². The summed E-state index contributed by atoms with van der Waals surface area (Å²) in [4.78, 5) is 33.5. The Morgan fingerprint density at radius 3 is 2.24 bits per heavy atom. The molecule has 2 N–H and O–H groups in total. The summed E-state index contributed by atoms with van der Waals surface area (Å²) in [6.07, 6.45) is -0.0397. The second kappa shape index (κ2) is 7.61. The van der Waals surface area contributed by atoms with Gasteiger partial charge >= 0.3 is 11.9 Å². The molecule has 2 atom stereocenters. The number of aliphatic hydroxyl groups is 1. The number of esters is 2. The van der Waals surface area contributed by atoms with Crippen molar-refractivity contribution >= 4 is 17.8 Å². The second-order valence-corrected chi connectivity index (χ2v) is 3.48. The largest absolute Gasteiger partial charge is 0.469 e. The molecule has 0 aliphatic carbocycles. The van der Waals surface area contributed by atoms with E-state index in [4.69, 9.17) is 5.11 Å². The maximum atomic E-state index is 11.4. The van der Waals surface area contributed by atoms with Gasteiger partial charge in [-0.25, -0.2) is 4.79 Å². The van der Waals surface area contributed by atoms with Crippen molar-refractivity contribution in [2.45, 2.75) is 19.4 Å². The van der Waals surface area contributed by atoms with Gasteiger partial charge in [-0.2, -0.15) is 0 Å². The Bertz CT molecular complexity index is 291. The van der Waals surface area contributed by atoms with Crippen molar-refractivity contribution < 1.29 is 29.0 Å². The SMILES string of the molecule is COC(=O)C[C@@H](C)[C@@H](NC(=O)CO)C(=O)OC. The molecule has 0 aromatic heterocycles. The number of hydrogen-bond donors (Lipinski definition) is 2. The van der Waals surface area contributed by atoms with E-state index in [-0.39, 0.29) is 6.42 Å². The number of rotatable bonds is 6. The lowest BCUT2D eigenvalue weighted by atomic mass is 9.98. The molecule has 7 heteroatoms. The Morgan fingerprint density at radius 2 is 1.82 bits per heavy atom. The van der Waals surface area contributed by atoms with Gasteiger partial charge in [0.2, 0.25) is 5.91 Å². The highest BCUT2D eigenvalue weighted by atomic mass is 16.5. The molecule has 0 saturated carbocycles. The van der Waals surface area contributed by atoms with E-state index in [0.29, 0.717) is 0 Å². The van der Waals surface area contributed by atoms with Gasteiger partial charge in [0.25, 0.3) is 0 Å². The molecule has 0 fully saturated rings. The number of methoxy groups -OCH3 is 2. The third-order valence-electron chi connectivity index (χ3n) is 2.20. The summed E-state index contributed by atoms with van der Waals surface area (Å²) in [5, 5.41) is 10.9. The predicted molar refractivity (Wildman–Crippen MR) is 56.8 cm³/mol. The third kappa shape index (κ3) is 5.30. The summed E-state index contributed by atoms with van der Waals surface area (Å²) in [5.41, 5.74) is 0. The summed E-state index contributed by atoms with van der Waals surface area (Å²) < 4.78 is 8.97. The van der Waals surface area contributed by atoms with Gasteiger partial charge in [-0.05, 0) is 5.92 Å². The quantitative estimate of drug-likeness (QED) is 0.574.